The van der Waals surface area contributed by atoms with Crippen molar-refractivity contribution in [1.29, 1.82) is 0 Å². The summed E-state index contributed by atoms with van der Waals surface area (Å²) in [6, 6.07) is 14.9. The van der Waals surface area contributed by atoms with Gasteiger partial charge in [-0.3, -0.25) is 9.11 Å². The minimum atomic E-state index is -4.14. The molecule has 0 amide bonds. The molecule has 2 rings (SSSR count). The van der Waals surface area contributed by atoms with Gasteiger partial charge >= 0.3 is 0 Å². The van der Waals surface area contributed by atoms with E-state index in [0.717, 1.165) is 11.1 Å². The molecule has 208 valence electrons. The lowest BCUT2D eigenvalue weighted by atomic mass is 10.1. The van der Waals surface area contributed by atoms with Crippen molar-refractivity contribution in [3.8, 4) is 0 Å². The first-order chi connectivity index (χ1) is 16.9. The second kappa shape index (κ2) is 12.4. The number of nitrogen functional groups attached to an aromatic ring is 2. The summed E-state index contributed by atoms with van der Waals surface area (Å²) in [4.78, 5) is 0. The summed E-state index contributed by atoms with van der Waals surface area (Å²) in [6.07, 6.45) is 1.34. The van der Waals surface area contributed by atoms with E-state index in [1.54, 1.807) is 24.3 Å². The van der Waals surface area contributed by atoms with Crippen LogP contribution in [0.4, 0.5) is 11.4 Å². The van der Waals surface area contributed by atoms with Gasteiger partial charge in [-0.05, 0) is 87.3 Å². The fourth-order valence-electron chi connectivity index (χ4n) is 5.01. The average Bonchev–Trinajstić information content (AvgIpc) is 2.73. The van der Waals surface area contributed by atoms with Gasteiger partial charge in [0.15, 0.2) is 16.6 Å². The molecule has 0 saturated heterocycles. The minimum Gasteiger partial charge on any atom is -0.455 e. The summed E-state index contributed by atoms with van der Waals surface area (Å²) >= 11 is 0. The van der Waals surface area contributed by atoms with Crippen LogP contribution in [0, 0.1) is 0 Å². The van der Waals surface area contributed by atoms with E-state index in [1.165, 1.54) is 0 Å². The largest absolute Gasteiger partial charge is 0.455 e. The first-order valence-corrected chi connectivity index (χ1v) is 21.4. The minimum absolute atomic E-state index is 0.185. The maximum absolute atomic E-state index is 11.5. The van der Waals surface area contributed by atoms with Crippen molar-refractivity contribution >= 4 is 48.2 Å². The van der Waals surface area contributed by atoms with Crippen molar-refractivity contribution in [2.45, 2.75) is 63.0 Å². The van der Waals surface area contributed by atoms with E-state index < -0.39 is 36.9 Å². The van der Waals surface area contributed by atoms with Crippen LogP contribution in [0.3, 0.4) is 0 Å². The molecule has 37 heavy (non-hydrogen) atoms. The molecule has 2 aromatic rings. The van der Waals surface area contributed by atoms with Crippen LogP contribution in [0.5, 0.6) is 0 Å². The molecule has 0 fully saturated rings. The van der Waals surface area contributed by atoms with Crippen molar-refractivity contribution in [2.75, 3.05) is 23.0 Å². The monoisotopic (exact) mass is 588 g/mol. The van der Waals surface area contributed by atoms with E-state index in [9.17, 15) is 25.9 Å². The Hall–Kier alpha value is -1.75. The molecule has 0 radical (unpaired) electrons. The Labute approximate surface area is 223 Å². The van der Waals surface area contributed by atoms with Gasteiger partial charge < -0.3 is 15.6 Å². The van der Waals surface area contributed by atoms with Gasteiger partial charge in [-0.25, -0.2) is 0 Å². The Bertz CT molecular complexity index is 1140. The lowest BCUT2D eigenvalue weighted by Crippen LogP contribution is -2.54. The third-order valence-electron chi connectivity index (χ3n) is 6.38. The van der Waals surface area contributed by atoms with Gasteiger partial charge in [-0.2, -0.15) is 16.8 Å². The molecule has 0 heterocycles. The molecule has 0 aliphatic heterocycles. The molecule has 9 nitrogen and oxygen atoms in total. The molecule has 0 aliphatic rings. The molecule has 0 bridgehead atoms. The lowest BCUT2D eigenvalue weighted by molar-refractivity contribution is 0.461. The van der Waals surface area contributed by atoms with Crippen molar-refractivity contribution in [3.05, 3.63) is 59.7 Å². The Morgan fingerprint density at radius 3 is 1.30 bits per heavy atom. The molecule has 0 aromatic heterocycles. The van der Waals surface area contributed by atoms with Crippen molar-refractivity contribution in [3.63, 3.8) is 0 Å². The Morgan fingerprint density at radius 1 is 0.703 bits per heavy atom. The van der Waals surface area contributed by atoms with Gasteiger partial charge in [0.05, 0.1) is 11.5 Å². The lowest BCUT2D eigenvalue weighted by Gasteiger charge is -2.46. The predicted molar refractivity (Wildman–Crippen MR) is 155 cm³/mol. The van der Waals surface area contributed by atoms with Crippen LogP contribution in [0.25, 0.3) is 0 Å². The van der Waals surface area contributed by atoms with E-state index in [-0.39, 0.29) is 35.4 Å². The van der Waals surface area contributed by atoms with Gasteiger partial charge in [0.1, 0.15) is 0 Å². The van der Waals surface area contributed by atoms with E-state index in [4.69, 9.17) is 15.6 Å². The second-order valence-electron chi connectivity index (χ2n) is 10.7. The first-order valence-electron chi connectivity index (χ1n) is 12.2. The highest BCUT2D eigenvalue weighted by Gasteiger charge is 2.48. The van der Waals surface area contributed by atoms with Gasteiger partial charge in [-0.1, -0.05) is 24.3 Å². The zero-order valence-corrected chi connectivity index (χ0v) is 25.6. The van der Waals surface area contributed by atoms with E-state index in [1.807, 2.05) is 24.3 Å². The van der Waals surface area contributed by atoms with Gasteiger partial charge in [0, 0.05) is 22.5 Å². The fourth-order valence-corrected chi connectivity index (χ4v) is 16.2. The predicted octanol–water partition coefficient (Wildman–Crippen LogP) is 4.56. The molecule has 13 heteroatoms. The maximum Gasteiger partial charge on any atom is 0.264 e. The summed E-state index contributed by atoms with van der Waals surface area (Å²) in [6.45, 7) is 8.40. The molecular weight excluding hydrogens is 549 g/mol. The summed E-state index contributed by atoms with van der Waals surface area (Å²) in [5.74, 6) is -0.740. The highest BCUT2D eigenvalue weighted by Crippen LogP contribution is 2.45. The summed E-state index contributed by atoms with van der Waals surface area (Å²) in [5, 5.41) is 0. The average molecular weight is 589 g/mol. The molecule has 0 saturated carbocycles. The van der Waals surface area contributed by atoms with Crippen LogP contribution >= 0.6 is 0 Å². The van der Waals surface area contributed by atoms with Crippen LogP contribution in [0.15, 0.2) is 48.5 Å². The number of anilines is 2. The summed E-state index contributed by atoms with van der Waals surface area (Å²) in [7, 11) is -13.4. The molecule has 2 atom stereocenters. The highest BCUT2D eigenvalue weighted by molar-refractivity contribution is 7.86. The molecule has 0 aliphatic carbocycles. The van der Waals surface area contributed by atoms with Crippen LogP contribution in [0.2, 0.25) is 26.2 Å². The Morgan fingerprint density at radius 2 is 1.03 bits per heavy atom. The SMILES string of the molecule is C[Si](C)(C)O[Si](C)(C(CCCS(=O)(=O)O)c1ccc(N)cc1)C(CCCS(=O)(=O)O)c1ccc(N)cc1. The molecule has 2 unspecified atom stereocenters. The van der Waals surface area contributed by atoms with Crippen LogP contribution < -0.4 is 11.5 Å². The number of benzene rings is 2. The topological polar surface area (TPSA) is 170 Å². The molecule has 6 N–H and O–H groups in total. The third-order valence-corrected chi connectivity index (χ3v) is 16.2. The van der Waals surface area contributed by atoms with Crippen LogP contribution in [-0.2, 0) is 24.4 Å². The summed E-state index contributed by atoms with van der Waals surface area (Å²) < 4.78 is 72.0. The van der Waals surface area contributed by atoms with Crippen molar-refractivity contribution in [2.24, 2.45) is 0 Å². The number of rotatable bonds is 14. The second-order valence-corrected chi connectivity index (χ2v) is 22.6. The quantitative estimate of drug-likeness (QED) is 0.140. The maximum atomic E-state index is 11.5. The zero-order chi connectivity index (χ0) is 28.1. The Balaban J connectivity index is 2.68. The fraction of sp³-hybridized carbons (Fsp3) is 0.500. The van der Waals surface area contributed by atoms with Crippen LogP contribution in [0.1, 0.15) is 47.9 Å². The highest BCUT2D eigenvalue weighted by atomic mass is 32.2. The molecule has 0 spiro atoms. The zero-order valence-electron chi connectivity index (χ0n) is 21.9. The first kappa shape index (κ1) is 31.5. The Kier molecular flexibility index (Phi) is 10.6. The summed E-state index contributed by atoms with van der Waals surface area (Å²) in [5.41, 5.74) is 14.6. The standard InChI is InChI=1S/C24H40N2O7S2Si2/c1-36(2,3)33-37(4,23(7-5-17-34(27,28)29)19-9-13-21(25)14-10-19)24(8-6-18-35(30,31)32)20-11-15-22(26)16-12-20/h9-16,23-24H,5-8,17-18,25-26H2,1-4H3,(H,27,28,29)(H,30,31,32). The third kappa shape index (κ3) is 10.5. The van der Waals surface area contributed by atoms with Crippen molar-refractivity contribution in [1.82, 2.24) is 0 Å². The normalized spacial score (nSPS) is 16.2. The number of hydrogen-bond donors (Lipinski definition) is 4. The van der Waals surface area contributed by atoms with Gasteiger partial charge in [0.25, 0.3) is 20.2 Å². The smallest absolute Gasteiger partial charge is 0.264 e. The molecular formula is C24H40N2O7S2Si2. The molecule has 2 aromatic carbocycles. The van der Waals surface area contributed by atoms with Gasteiger partial charge in [0.2, 0.25) is 0 Å². The van der Waals surface area contributed by atoms with E-state index in [0.29, 0.717) is 24.2 Å². The van der Waals surface area contributed by atoms with E-state index >= 15 is 0 Å². The van der Waals surface area contributed by atoms with Crippen molar-refractivity contribution < 1.29 is 30.1 Å². The van der Waals surface area contributed by atoms with Crippen LogP contribution in [-0.4, -0.2) is 54.1 Å². The number of hydrogen-bond acceptors (Lipinski definition) is 7. The van der Waals surface area contributed by atoms with Gasteiger partial charge in [-0.15, -0.1) is 0 Å². The number of nitrogens with two attached hydrogens (primary N) is 2. The van der Waals surface area contributed by atoms with E-state index in [2.05, 4.69) is 26.2 Å².